The fraction of sp³-hybridized carbons (Fsp3) is 0.400. The number of hydrogen-bond acceptors (Lipinski definition) is 0. The average molecular weight is 248 g/mol. The van der Waals surface area contributed by atoms with E-state index in [1.54, 1.807) is 0 Å². The van der Waals surface area contributed by atoms with Gasteiger partial charge in [0.1, 0.15) is 0 Å². The van der Waals surface area contributed by atoms with Gasteiger partial charge in [-0.3, -0.25) is 0 Å². The van der Waals surface area contributed by atoms with E-state index in [1.807, 2.05) is 6.07 Å². The molecule has 0 atom stereocenters. The molecule has 1 aromatic rings. The molecule has 0 saturated carbocycles. The molecule has 0 fully saturated rings. The van der Waals surface area contributed by atoms with Gasteiger partial charge in [-0.15, -0.1) is 0 Å². The van der Waals surface area contributed by atoms with Crippen molar-refractivity contribution in [2.75, 3.05) is 0 Å². The summed E-state index contributed by atoms with van der Waals surface area (Å²) in [6.07, 6.45) is 2.03. The highest BCUT2D eigenvalue weighted by molar-refractivity contribution is 9.10. The highest BCUT2D eigenvalue weighted by atomic mass is 79.9. The zero-order valence-electron chi connectivity index (χ0n) is 7.32. The van der Waals surface area contributed by atoms with Crippen molar-refractivity contribution < 1.29 is 0 Å². The molecule has 0 radical (unpaired) electrons. The van der Waals surface area contributed by atoms with Gasteiger partial charge in [-0.05, 0) is 30.0 Å². The standard InChI is InChI=1S/C10H12BrCl/c1-3-7-5-6-9(12)8(4-2)10(7)11/h5-6H,3-4H2,1-2H3. The number of hydrogen-bond donors (Lipinski definition) is 0. The lowest BCUT2D eigenvalue weighted by atomic mass is 10.1. The Hall–Kier alpha value is -0.0100. The lowest BCUT2D eigenvalue weighted by Gasteiger charge is -2.08. The lowest BCUT2D eigenvalue weighted by molar-refractivity contribution is 1.07. The maximum absolute atomic E-state index is 6.03. The summed E-state index contributed by atoms with van der Waals surface area (Å²) in [7, 11) is 0. The molecule has 1 rings (SSSR count). The molecule has 2 heteroatoms. The normalized spacial score (nSPS) is 10.3. The summed E-state index contributed by atoms with van der Waals surface area (Å²) in [4.78, 5) is 0. The van der Waals surface area contributed by atoms with E-state index in [-0.39, 0.29) is 0 Å². The molecule has 0 N–H and O–H groups in total. The average Bonchev–Trinajstić information content (AvgIpc) is 2.06. The number of aryl methyl sites for hydroxylation is 1. The summed E-state index contributed by atoms with van der Waals surface area (Å²) in [6.45, 7) is 4.26. The predicted octanol–water partition coefficient (Wildman–Crippen LogP) is 4.23. The second kappa shape index (κ2) is 4.29. The van der Waals surface area contributed by atoms with Gasteiger partial charge in [-0.25, -0.2) is 0 Å². The summed E-state index contributed by atoms with van der Waals surface area (Å²) >= 11 is 9.60. The Balaban J connectivity index is 3.24. The van der Waals surface area contributed by atoms with E-state index in [0.717, 1.165) is 17.9 Å². The Bertz CT molecular complexity index is 281. The van der Waals surface area contributed by atoms with E-state index in [4.69, 9.17) is 11.6 Å². The van der Waals surface area contributed by atoms with Crippen LogP contribution in [0.25, 0.3) is 0 Å². The Morgan fingerprint density at radius 2 is 1.92 bits per heavy atom. The van der Waals surface area contributed by atoms with Crippen LogP contribution >= 0.6 is 27.5 Å². The first-order valence-corrected chi connectivity index (χ1v) is 5.33. The third-order valence-corrected chi connectivity index (χ3v) is 3.34. The van der Waals surface area contributed by atoms with Crippen LogP contribution in [0.2, 0.25) is 5.02 Å². The quantitative estimate of drug-likeness (QED) is 0.734. The van der Waals surface area contributed by atoms with Gasteiger partial charge in [0.2, 0.25) is 0 Å². The second-order valence-electron chi connectivity index (χ2n) is 2.71. The van der Waals surface area contributed by atoms with Crippen molar-refractivity contribution in [2.45, 2.75) is 26.7 Å². The maximum atomic E-state index is 6.03. The van der Waals surface area contributed by atoms with E-state index in [2.05, 4.69) is 35.8 Å². The van der Waals surface area contributed by atoms with Gasteiger partial charge in [-0.2, -0.15) is 0 Å². The van der Waals surface area contributed by atoms with Crippen LogP contribution < -0.4 is 0 Å². The van der Waals surface area contributed by atoms with Crippen LogP contribution in [0.3, 0.4) is 0 Å². The molecule has 0 heterocycles. The smallest absolute Gasteiger partial charge is 0.0449 e. The van der Waals surface area contributed by atoms with Crippen molar-refractivity contribution in [3.63, 3.8) is 0 Å². The van der Waals surface area contributed by atoms with E-state index in [9.17, 15) is 0 Å². The van der Waals surface area contributed by atoms with Crippen LogP contribution in [0, 0.1) is 0 Å². The molecule has 12 heavy (non-hydrogen) atoms. The first-order chi connectivity index (χ1) is 5.70. The van der Waals surface area contributed by atoms with Gasteiger partial charge in [0.15, 0.2) is 0 Å². The van der Waals surface area contributed by atoms with Crippen molar-refractivity contribution in [1.29, 1.82) is 0 Å². The van der Waals surface area contributed by atoms with Gasteiger partial charge in [-0.1, -0.05) is 47.4 Å². The van der Waals surface area contributed by atoms with E-state index < -0.39 is 0 Å². The SMILES string of the molecule is CCc1ccc(Cl)c(CC)c1Br. The van der Waals surface area contributed by atoms with E-state index in [0.29, 0.717) is 0 Å². The maximum Gasteiger partial charge on any atom is 0.0449 e. The molecule has 0 amide bonds. The van der Waals surface area contributed by atoms with Crippen molar-refractivity contribution in [1.82, 2.24) is 0 Å². The molecule has 0 nitrogen and oxygen atoms in total. The van der Waals surface area contributed by atoms with Crippen LogP contribution in [-0.4, -0.2) is 0 Å². The first kappa shape index (κ1) is 10.1. The Kier molecular flexibility index (Phi) is 3.60. The van der Waals surface area contributed by atoms with Gasteiger partial charge in [0, 0.05) is 9.50 Å². The number of rotatable bonds is 2. The number of halogens is 2. The van der Waals surface area contributed by atoms with Gasteiger partial charge >= 0.3 is 0 Å². The number of benzene rings is 1. The highest BCUT2D eigenvalue weighted by Crippen LogP contribution is 2.29. The Morgan fingerprint density at radius 3 is 2.42 bits per heavy atom. The molecule has 0 aliphatic heterocycles. The summed E-state index contributed by atoms with van der Waals surface area (Å²) < 4.78 is 1.18. The van der Waals surface area contributed by atoms with Gasteiger partial charge in [0.05, 0.1) is 0 Å². The van der Waals surface area contributed by atoms with Crippen molar-refractivity contribution >= 4 is 27.5 Å². The molecule has 66 valence electrons. The van der Waals surface area contributed by atoms with Gasteiger partial charge in [0.25, 0.3) is 0 Å². The zero-order chi connectivity index (χ0) is 9.14. The minimum absolute atomic E-state index is 0.863. The molecular formula is C10H12BrCl. The third kappa shape index (κ3) is 1.83. The fourth-order valence-corrected chi connectivity index (χ4v) is 2.56. The van der Waals surface area contributed by atoms with Crippen LogP contribution in [0.4, 0.5) is 0 Å². The molecule has 0 bridgehead atoms. The van der Waals surface area contributed by atoms with Crippen LogP contribution in [-0.2, 0) is 12.8 Å². The zero-order valence-corrected chi connectivity index (χ0v) is 9.67. The minimum Gasteiger partial charge on any atom is -0.0840 e. The molecule has 0 spiro atoms. The van der Waals surface area contributed by atoms with Crippen LogP contribution in [0.5, 0.6) is 0 Å². The molecule has 0 aliphatic carbocycles. The third-order valence-electron chi connectivity index (χ3n) is 2.00. The van der Waals surface area contributed by atoms with Gasteiger partial charge < -0.3 is 0 Å². The van der Waals surface area contributed by atoms with E-state index in [1.165, 1.54) is 15.6 Å². The summed E-state index contributed by atoms with van der Waals surface area (Å²) in [5.74, 6) is 0. The van der Waals surface area contributed by atoms with Crippen LogP contribution in [0.1, 0.15) is 25.0 Å². The lowest BCUT2D eigenvalue weighted by Crippen LogP contribution is -1.90. The minimum atomic E-state index is 0.863. The van der Waals surface area contributed by atoms with Crippen molar-refractivity contribution in [3.8, 4) is 0 Å². The molecule has 0 aromatic heterocycles. The van der Waals surface area contributed by atoms with E-state index >= 15 is 0 Å². The van der Waals surface area contributed by atoms with Crippen molar-refractivity contribution in [3.05, 3.63) is 32.8 Å². The monoisotopic (exact) mass is 246 g/mol. The molecule has 1 aromatic carbocycles. The fourth-order valence-electron chi connectivity index (χ4n) is 1.24. The van der Waals surface area contributed by atoms with Crippen molar-refractivity contribution in [2.24, 2.45) is 0 Å². The molecular weight excluding hydrogens is 235 g/mol. The highest BCUT2D eigenvalue weighted by Gasteiger charge is 2.06. The Labute approximate surface area is 87.1 Å². The predicted molar refractivity (Wildman–Crippen MR) is 57.9 cm³/mol. The summed E-state index contributed by atoms with van der Waals surface area (Å²) in [6, 6.07) is 4.05. The second-order valence-corrected chi connectivity index (χ2v) is 3.91. The Morgan fingerprint density at radius 1 is 1.25 bits per heavy atom. The molecule has 0 saturated heterocycles. The van der Waals surface area contributed by atoms with Crippen LogP contribution in [0.15, 0.2) is 16.6 Å². The summed E-state index contributed by atoms with van der Waals surface area (Å²) in [5, 5.41) is 0.863. The largest absolute Gasteiger partial charge is 0.0840 e. The first-order valence-electron chi connectivity index (χ1n) is 4.16. The topological polar surface area (TPSA) is 0 Å². The molecule has 0 unspecified atom stereocenters. The molecule has 0 aliphatic rings. The summed E-state index contributed by atoms with van der Waals surface area (Å²) in [5.41, 5.74) is 2.55.